The molecule has 1 amide bonds. The van der Waals surface area contributed by atoms with Crippen molar-refractivity contribution in [3.05, 3.63) is 23.7 Å². The van der Waals surface area contributed by atoms with Crippen molar-refractivity contribution in [2.45, 2.75) is 26.2 Å². The Labute approximate surface area is 90.2 Å². The molecule has 0 spiro atoms. The Morgan fingerprint density at radius 2 is 2.00 bits per heavy atom. The normalized spacial score (nSPS) is 11.9. The second-order valence-electron chi connectivity index (χ2n) is 4.37. The molecule has 0 unspecified atom stereocenters. The number of nitrogens with zero attached hydrogens (tertiary/aromatic N) is 1. The SMILES string of the molecule is Cc1ccc(C(C)(C)C(=O)NN(C)C)o1. The molecule has 0 bridgehead atoms. The molecule has 1 rings (SSSR count). The summed E-state index contributed by atoms with van der Waals surface area (Å²) in [5.74, 6) is 1.41. The van der Waals surface area contributed by atoms with Crippen molar-refractivity contribution < 1.29 is 9.21 Å². The Morgan fingerprint density at radius 3 is 2.40 bits per heavy atom. The van der Waals surface area contributed by atoms with E-state index in [0.29, 0.717) is 5.76 Å². The van der Waals surface area contributed by atoms with Crippen LogP contribution in [-0.2, 0) is 10.2 Å². The van der Waals surface area contributed by atoms with Gasteiger partial charge in [-0.15, -0.1) is 0 Å². The maximum absolute atomic E-state index is 11.9. The van der Waals surface area contributed by atoms with Gasteiger partial charge >= 0.3 is 0 Å². The molecule has 1 N–H and O–H groups in total. The second kappa shape index (κ2) is 4.06. The van der Waals surface area contributed by atoms with E-state index in [4.69, 9.17) is 4.42 Å². The standard InChI is InChI=1S/C11H18N2O2/c1-8-6-7-9(15-8)11(2,3)10(14)12-13(4)5/h6-7H,1-5H3,(H,12,14). The fourth-order valence-electron chi connectivity index (χ4n) is 1.23. The minimum atomic E-state index is -0.654. The van der Waals surface area contributed by atoms with Crippen LogP contribution in [0.3, 0.4) is 0 Å². The average Bonchev–Trinajstić information content (AvgIpc) is 2.50. The third-order valence-corrected chi connectivity index (χ3v) is 2.25. The van der Waals surface area contributed by atoms with E-state index >= 15 is 0 Å². The fourth-order valence-corrected chi connectivity index (χ4v) is 1.23. The molecule has 0 fully saturated rings. The first-order chi connectivity index (χ1) is 6.84. The predicted molar refractivity (Wildman–Crippen MR) is 58.3 cm³/mol. The lowest BCUT2D eigenvalue weighted by Crippen LogP contribution is -2.46. The van der Waals surface area contributed by atoms with Gasteiger partial charge in [0, 0.05) is 14.1 Å². The molecular formula is C11H18N2O2. The van der Waals surface area contributed by atoms with Crippen LogP contribution in [-0.4, -0.2) is 25.0 Å². The van der Waals surface area contributed by atoms with Gasteiger partial charge in [-0.1, -0.05) is 0 Å². The van der Waals surface area contributed by atoms with Crippen LogP contribution in [0.2, 0.25) is 0 Å². The summed E-state index contributed by atoms with van der Waals surface area (Å²) in [4.78, 5) is 11.9. The van der Waals surface area contributed by atoms with Crippen LogP contribution in [0.1, 0.15) is 25.4 Å². The molecule has 1 aromatic heterocycles. The number of hydrogen-bond donors (Lipinski definition) is 1. The molecule has 0 aromatic carbocycles. The van der Waals surface area contributed by atoms with E-state index in [1.54, 1.807) is 19.1 Å². The molecule has 0 aliphatic rings. The van der Waals surface area contributed by atoms with Crippen LogP contribution in [0.5, 0.6) is 0 Å². The quantitative estimate of drug-likeness (QED) is 0.768. The van der Waals surface area contributed by atoms with Crippen LogP contribution in [0.25, 0.3) is 0 Å². The van der Waals surface area contributed by atoms with Gasteiger partial charge in [-0.3, -0.25) is 10.2 Å². The number of nitrogens with one attached hydrogen (secondary N) is 1. The number of amides is 1. The largest absolute Gasteiger partial charge is 0.465 e. The molecule has 0 atom stereocenters. The minimum absolute atomic E-state index is 0.0816. The van der Waals surface area contributed by atoms with Gasteiger partial charge in [0.2, 0.25) is 5.91 Å². The van der Waals surface area contributed by atoms with Crippen molar-refractivity contribution in [2.75, 3.05) is 14.1 Å². The number of hydrazine groups is 1. The van der Waals surface area contributed by atoms with Crippen molar-refractivity contribution in [2.24, 2.45) is 0 Å². The minimum Gasteiger partial charge on any atom is -0.465 e. The molecular weight excluding hydrogens is 192 g/mol. The van der Waals surface area contributed by atoms with Gasteiger partial charge in [0.05, 0.1) is 0 Å². The van der Waals surface area contributed by atoms with Gasteiger partial charge in [0.1, 0.15) is 16.9 Å². The smallest absolute Gasteiger partial charge is 0.247 e. The van der Waals surface area contributed by atoms with E-state index in [0.717, 1.165) is 5.76 Å². The monoisotopic (exact) mass is 210 g/mol. The lowest BCUT2D eigenvalue weighted by atomic mass is 9.89. The van der Waals surface area contributed by atoms with Gasteiger partial charge in [0.25, 0.3) is 0 Å². The summed E-state index contributed by atoms with van der Waals surface area (Å²) in [6, 6.07) is 3.70. The highest BCUT2D eigenvalue weighted by Gasteiger charge is 2.33. The molecule has 1 aromatic rings. The summed E-state index contributed by atoms with van der Waals surface area (Å²) < 4.78 is 5.47. The Morgan fingerprint density at radius 1 is 1.40 bits per heavy atom. The van der Waals surface area contributed by atoms with Gasteiger partial charge in [-0.05, 0) is 32.9 Å². The number of rotatable bonds is 3. The van der Waals surface area contributed by atoms with Crippen molar-refractivity contribution in [3.63, 3.8) is 0 Å². The molecule has 0 aliphatic heterocycles. The van der Waals surface area contributed by atoms with Gasteiger partial charge in [-0.2, -0.15) is 0 Å². The van der Waals surface area contributed by atoms with Crippen molar-refractivity contribution in [3.8, 4) is 0 Å². The van der Waals surface area contributed by atoms with E-state index < -0.39 is 5.41 Å². The maximum Gasteiger partial charge on any atom is 0.247 e. The van der Waals surface area contributed by atoms with Crippen LogP contribution in [0.4, 0.5) is 0 Å². The highest BCUT2D eigenvalue weighted by Crippen LogP contribution is 2.25. The van der Waals surface area contributed by atoms with Crippen LogP contribution < -0.4 is 5.43 Å². The van der Waals surface area contributed by atoms with Crippen molar-refractivity contribution in [1.82, 2.24) is 10.4 Å². The first kappa shape index (κ1) is 11.8. The molecule has 0 saturated heterocycles. The fraction of sp³-hybridized carbons (Fsp3) is 0.545. The summed E-state index contributed by atoms with van der Waals surface area (Å²) in [7, 11) is 3.56. The first-order valence-electron chi connectivity index (χ1n) is 4.89. The highest BCUT2D eigenvalue weighted by atomic mass is 16.3. The second-order valence-corrected chi connectivity index (χ2v) is 4.37. The third kappa shape index (κ3) is 2.59. The van der Waals surface area contributed by atoms with E-state index in [1.807, 2.05) is 32.9 Å². The van der Waals surface area contributed by atoms with Crippen LogP contribution >= 0.6 is 0 Å². The van der Waals surface area contributed by atoms with Crippen molar-refractivity contribution >= 4 is 5.91 Å². The van der Waals surface area contributed by atoms with E-state index in [1.165, 1.54) is 0 Å². The summed E-state index contributed by atoms with van der Waals surface area (Å²) in [5.41, 5.74) is 2.07. The van der Waals surface area contributed by atoms with E-state index in [2.05, 4.69) is 5.43 Å². The van der Waals surface area contributed by atoms with Crippen molar-refractivity contribution in [1.29, 1.82) is 0 Å². The van der Waals surface area contributed by atoms with Gasteiger partial charge in [0.15, 0.2) is 0 Å². The molecule has 0 aliphatic carbocycles. The summed E-state index contributed by atoms with van der Waals surface area (Å²) in [5, 5.41) is 1.62. The predicted octanol–water partition coefficient (Wildman–Crippen LogP) is 1.46. The summed E-state index contributed by atoms with van der Waals surface area (Å²) in [6.07, 6.45) is 0. The number of hydrogen-bond acceptors (Lipinski definition) is 3. The molecule has 1 heterocycles. The van der Waals surface area contributed by atoms with Crippen LogP contribution in [0.15, 0.2) is 16.5 Å². The average molecular weight is 210 g/mol. The molecule has 15 heavy (non-hydrogen) atoms. The molecule has 4 nitrogen and oxygen atoms in total. The maximum atomic E-state index is 11.9. The summed E-state index contributed by atoms with van der Waals surface area (Å²) in [6.45, 7) is 5.54. The lowest BCUT2D eigenvalue weighted by molar-refractivity contribution is -0.130. The highest BCUT2D eigenvalue weighted by molar-refractivity contribution is 5.86. The zero-order valence-electron chi connectivity index (χ0n) is 9.92. The summed E-state index contributed by atoms with van der Waals surface area (Å²) >= 11 is 0. The molecule has 0 radical (unpaired) electrons. The Kier molecular flexibility index (Phi) is 3.19. The zero-order chi connectivity index (χ0) is 11.6. The topological polar surface area (TPSA) is 45.5 Å². The van der Waals surface area contributed by atoms with Crippen LogP contribution in [0, 0.1) is 6.92 Å². The number of furan rings is 1. The number of carbonyl (C=O) groups is 1. The first-order valence-corrected chi connectivity index (χ1v) is 4.89. The van der Waals surface area contributed by atoms with E-state index in [-0.39, 0.29) is 5.91 Å². The number of aryl methyl sites for hydroxylation is 1. The third-order valence-electron chi connectivity index (χ3n) is 2.25. The Bertz CT molecular complexity index is 353. The number of carbonyl (C=O) groups excluding carboxylic acids is 1. The lowest BCUT2D eigenvalue weighted by Gasteiger charge is -2.23. The zero-order valence-corrected chi connectivity index (χ0v) is 9.92. The Hall–Kier alpha value is -1.29. The molecule has 0 saturated carbocycles. The van der Waals surface area contributed by atoms with Gasteiger partial charge in [-0.25, -0.2) is 5.01 Å². The molecule has 4 heteroatoms. The van der Waals surface area contributed by atoms with E-state index in [9.17, 15) is 4.79 Å². The van der Waals surface area contributed by atoms with Gasteiger partial charge < -0.3 is 4.42 Å². The molecule has 84 valence electrons. The Balaban J connectivity index is 2.87.